The molecule has 0 aromatic carbocycles. The van der Waals surface area contributed by atoms with Gasteiger partial charge in [0.1, 0.15) is 0 Å². The summed E-state index contributed by atoms with van der Waals surface area (Å²) in [5.41, 5.74) is 4.75. The van der Waals surface area contributed by atoms with Gasteiger partial charge in [0.2, 0.25) is 0 Å². The van der Waals surface area contributed by atoms with E-state index < -0.39 is 11.9 Å². The van der Waals surface area contributed by atoms with Gasteiger partial charge >= 0.3 is 5.91 Å². The van der Waals surface area contributed by atoms with Crippen molar-refractivity contribution in [1.82, 2.24) is 5.48 Å². The molecule has 0 saturated carbocycles. The lowest BCUT2D eigenvalue weighted by molar-refractivity contribution is -0.397. The Morgan fingerprint density at radius 1 is 2.00 bits per heavy atom. The first kappa shape index (κ1) is 7.68. The molecule has 0 radical (unpaired) electrons. The average Bonchev–Trinajstić information content (AvgIpc) is 1.84. The maximum absolute atomic E-state index is 10.2. The molecular formula is C3H8ClN2O2+. The second-order valence-corrected chi connectivity index (χ2v) is 1.64. The number of halogens is 1. The quantitative estimate of drug-likeness (QED) is 0.243. The third-order valence-electron chi connectivity index (χ3n) is 0.667. The Morgan fingerprint density at radius 3 is 2.62 bits per heavy atom. The van der Waals surface area contributed by atoms with Crippen molar-refractivity contribution in [3.05, 3.63) is 0 Å². The van der Waals surface area contributed by atoms with Gasteiger partial charge in [0.05, 0.1) is 5.88 Å². The van der Waals surface area contributed by atoms with Gasteiger partial charge in [0.15, 0.2) is 6.04 Å². The van der Waals surface area contributed by atoms with Crippen LogP contribution in [0.1, 0.15) is 0 Å². The molecule has 5 heteroatoms. The third kappa shape index (κ3) is 2.11. The Labute approximate surface area is 51.6 Å². The van der Waals surface area contributed by atoms with E-state index in [4.69, 9.17) is 16.8 Å². The van der Waals surface area contributed by atoms with E-state index in [1.807, 2.05) is 0 Å². The number of nitrogens with one attached hydrogen (secondary N) is 1. The van der Waals surface area contributed by atoms with Gasteiger partial charge in [-0.15, -0.1) is 11.6 Å². The highest BCUT2D eigenvalue weighted by atomic mass is 35.5. The molecule has 0 aliphatic rings. The fourth-order valence-electron chi connectivity index (χ4n) is 0.161. The first-order valence-corrected chi connectivity index (χ1v) is 2.58. The van der Waals surface area contributed by atoms with Crippen LogP contribution >= 0.6 is 11.6 Å². The molecule has 0 saturated heterocycles. The van der Waals surface area contributed by atoms with Crippen molar-refractivity contribution in [3.8, 4) is 0 Å². The van der Waals surface area contributed by atoms with Gasteiger partial charge in [-0.1, -0.05) is 0 Å². The molecule has 0 aliphatic carbocycles. The molecule has 0 fully saturated rings. The summed E-state index contributed by atoms with van der Waals surface area (Å²) in [5.74, 6) is -0.438. The number of hydrogen-bond donors (Lipinski definition) is 3. The van der Waals surface area contributed by atoms with Crippen molar-refractivity contribution in [3.63, 3.8) is 0 Å². The minimum atomic E-state index is -0.568. The zero-order valence-corrected chi connectivity index (χ0v) is 4.98. The smallest absolute Gasteiger partial charge is 0.302 e. The summed E-state index contributed by atoms with van der Waals surface area (Å²) in [6, 6.07) is -0.568. The van der Waals surface area contributed by atoms with E-state index in [2.05, 4.69) is 5.73 Å². The van der Waals surface area contributed by atoms with Crippen molar-refractivity contribution in [2.24, 2.45) is 0 Å². The molecule has 0 aliphatic heterocycles. The molecule has 1 amide bonds. The summed E-state index contributed by atoms with van der Waals surface area (Å²) in [4.78, 5) is 10.2. The van der Waals surface area contributed by atoms with Crippen molar-refractivity contribution in [2.75, 3.05) is 5.88 Å². The summed E-state index contributed by atoms with van der Waals surface area (Å²) in [5, 5.41) is 7.94. The van der Waals surface area contributed by atoms with E-state index in [0.717, 1.165) is 0 Å². The maximum Gasteiger partial charge on any atom is 0.302 e. The average molecular weight is 140 g/mol. The van der Waals surface area contributed by atoms with Crippen LogP contribution in [0.3, 0.4) is 0 Å². The highest BCUT2D eigenvalue weighted by molar-refractivity contribution is 6.19. The summed E-state index contributed by atoms with van der Waals surface area (Å²) < 4.78 is 0. The minimum Gasteiger partial charge on any atom is -0.346 e. The standard InChI is InChI=1S/C3H7ClN2O2/c4-1-2(5)3(7)6-8/h2,8H,1,5H2,(H,6,7)/p+1/t2-/m0/s1. The molecule has 0 spiro atoms. The molecule has 0 heterocycles. The van der Waals surface area contributed by atoms with Crippen LogP contribution in [-0.4, -0.2) is 23.0 Å². The van der Waals surface area contributed by atoms with E-state index >= 15 is 0 Å². The molecule has 0 aromatic rings. The molecule has 5 N–H and O–H groups in total. The third-order valence-corrected chi connectivity index (χ3v) is 1.04. The number of carbonyl (C=O) groups excluding carboxylic acids is 1. The molecule has 48 valence electrons. The number of hydrogen-bond acceptors (Lipinski definition) is 2. The molecule has 0 bridgehead atoms. The van der Waals surface area contributed by atoms with Gasteiger partial charge in [-0.2, -0.15) is 0 Å². The van der Waals surface area contributed by atoms with Crippen molar-refractivity contribution in [1.29, 1.82) is 0 Å². The van der Waals surface area contributed by atoms with Gasteiger partial charge in [-0.3, -0.25) is 10.0 Å². The molecular weight excluding hydrogens is 131 g/mol. The lowest BCUT2D eigenvalue weighted by Gasteiger charge is -1.98. The largest absolute Gasteiger partial charge is 0.346 e. The van der Waals surface area contributed by atoms with Crippen molar-refractivity contribution < 1.29 is 15.7 Å². The second kappa shape index (κ2) is 3.65. The summed E-state index contributed by atoms with van der Waals surface area (Å²) in [6.45, 7) is 0. The van der Waals surface area contributed by atoms with E-state index in [1.165, 1.54) is 5.48 Å². The fourth-order valence-corrected chi connectivity index (χ4v) is 0.302. The van der Waals surface area contributed by atoms with Crippen LogP contribution < -0.4 is 11.2 Å². The van der Waals surface area contributed by atoms with E-state index in [0.29, 0.717) is 0 Å². The zero-order valence-electron chi connectivity index (χ0n) is 4.22. The number of hydroxylamine groups is 1. The van der Waals surface area contributed by atoms with Gasteiger partial charge in [-0.05, 0) is 0 Å². The number of carbonyl (C=O) groups is 1. The topological polar surface area (TPSA) is 77.0 Å². The first-order valence-electron chi connectivity index (χ1n) is 2.05. The predicted octanol–water partition coefficient (Wildman–Crippen LogP) is -1.66. The highest BCUT2D eigenvalue weighted by Crippen LogP contribution is 1.78. The molecule has 8 heavy (non-hydrogen) atoms. The first-order chi connectivity index (χ1) is 3.72. The molecule has 4 nitrogen and oxygen atoms in total. The molecule has 0 rings (SSSR count). The second-order valence-electron chi connectivity index (χ2n) is 1.33. The van der Waals surface area contributed by atoms with Gasteiger partial charge in [-0.25, -0.2) is 5.48 Å². The summed E-state index contributed by atoms with van der Waals surface area (Å²) >= 11 is 5.19. The Morgan fingerprint density at radius 2 is 2.50 bits per heavy atom. The van der Waals surface area contributed by atoms with Crippen molar-refractivity contribution in [2.45, 2.75) is 6.04 Å². The van der Waals surface area contributed by atoms with E-state index in [1.54, 1.807) is 0 Å². The van der Waals surface area contributed by atoms with Gasteiger partial charge in [0, 0.05) is 0 Å². The van der Waals surface area contributed by atoms with E-state index in [-0.39, 0.29) is 5.88 Å². The Hall–Kier alpha value is -0.320. The summed E-state index contributed by atoms with van der Waals surface area (Å²) in [7, 11) is 0. The van der Waals surface area contributed by atoms with Crippen LogP contribution in [0.25, 0.3) is 0 Å². The SMILES string of the molecule is [NH3+][C@@H](CCl)C(=O)NO. The maximum atomic E-state index is 10.2. The molecule has 1 atom stereocenters. The van der Waals surface area contributed by atoms with Crippen LogP contribution in [0, 0.1) is 0 Å². The molecule has 0 aromatic heterocycles. The number of amides is 1. The van der Waals surface area contributed by atoms with Gasteiger partial charge in [0.25, 0.3) is 0 Å². The minimum absolute atomic E-state index is 0.117. The van der Waals surface area contributed by atoms with Crippen LogP contribution in [-0.2, 0) is 4.79 Å². The Bertz CT molecular complexity index is 87.4. The monoisotopic (exact) mass is 139 g/mol. The van der Waals surface area contributed by atoms with E-state index in [9.17, 15) is 4.79 Å². The fraction of sp³-hybridized carbons (Fsp3) is 0.667. The lowest BCUT2D eigenvalue weighted by atomic mass is 10.3. The number of rotatable bonds is 2. The van der Waals surface area contributed by atoms with Crippen LogP contribution in [0.5, 0.6) is 0 Å². The van der Waals surface area contributed by atoms with Crippen molar-refractivity contribution >= 4 is 17.5 Å². The lowest BCUT2D eigenvalue weighted by Crippen LogP contribution is -2.68. The summed E-state index contributed by atoms with van der Waals surface area (Å²) in [6.07, 6.45) is 0. The molecule has 0 unspecified atom stereocenters. The van der Waals surface area contributed by atoms with Gasteiger partial charge < -0.3 is 5.73 Å². The normalized spacial score (nSPS) is 12.9. The van der Waals surface area contributed by atoms with Crippen LogP contribution in [0.4, 0.5) is 0 Å². The highest BCUT2D eigenvalue weighted by Gasteiger charge is 2.13. The Kier molecular flexibility index (Phi) is 3.51. The number of alkyl halides is 1. The Balaban J connectivity index is 3.46. The van der Waals surface area contributed by atoms with Crippen LogP contribution in [0.2, 0.25) is 0 Å². The predicted molar refractivity (Wildman–Crippen MR) is 27.3 cm³/mol. The number of quaternary nitrogens is 1. The van der Waals surface area contributed by atoms with Crippen LogP contribution in [0.15, 0.2) is 0 Å². The zero-order chi connectivity index (χ0) is 6.57.